The van der Waals surface area contributed by atoms with E-state index in [2.05, 4.69) is 10.3 Å². The SMILES string of the molecule is CC1Cn2c(cc(OCc3cc(F)c(F)c(F)c3)nc2=O)N1. The number of fused-ring (bicyclic) bond motifs is 1. The second kappa shape index (κ2) is 5.36. The van der Waals surface area contributed by atoms with E-state index in [1.165, 1.54) is 10.6 Å². The molecule has 8 heteroatoms. The smallest absolute Gasteiger partial charge is 0.352 e. The summed E-state index contributed by atoms with van der Waals surface area (Å²) in [5.74, 6) is -3.52. The van der Waals surface area contributed by atoms with E-state index in [4.69, 9.17) is 4.74 Å². The highest BCUT2D eigenvalue weighted by atomic mass is 19.2. The van der Waals surface area contributed by atoms with E-state index < -0.39 is 23.1 Å². The van der Waals surface area contributed by atoms with Gasteiger partial charge in [0.15, 0.2) is 17.5 Å². The van der Waals surface area contributed by atoms with Gasteiger partial charge in [0.25, 0.3) is 0 Å². The summed E-state index contributed by atoms with van der Waals surface area (Å²) in [6.07, 6.45) is 0. The maximum Gasteiger partial charge on any atom is 0.352 e. The lowest BCUT2D eigenvalue weighted by Gasteiger charge is -2.08. The molecule has 0 spiro atoms. The number of hydrogen-bond donors (Lipinski definition) is 1. The monoisotopic (exact) mass is 311 g/mol. The minimum absolute atomic E-state index is 0.0305. The van der Waals surface area contributed by atoms with Gasteiger partial charge in [-0.05, 0) is 24.6 Å². The molecule has 1 aromatic carbocycles. The van der Waals surface area contributed by atoms with Crippen molar-refractivity contribution in [3.8, 4) is 5.88 Å². The summed E-state index contributed by atoms with van der Waals surface area (Å²) in [6, 6.07) is 3.30. The zero-order valence-corrected chi connectivity index (χ0v) is 11.6. The third-order valence-corrected chi connectivity index (χ3v) is 3.27. The van der Waals surface area contributed by atoms with Gasteiger partial charge in [-0.3, -0.25) is 4.57 Å². The highest BCUT2D eigenvalue weighted by Crippen LogP contribution is 2.20. The number of aromatic nitrogens is 2. The fourth-order valence-corrected chi connectivity index (χ4v) is 2.28. The Labute approximate surface area is 123 Å². The molecule has 0 saturated heterocycles. The van der Waals surface area contributed by atoms with Crippen LogP contribution in [0.15, 0.2) is 23.0 Å². The van der Waals surface area contributed by atoms with Gasteiger partial charge < -0.3 is 10.1 Å². The molecule has 0 fully saturated rings. The zero-order chi connectivity index (χ0) is 15.9. The molecule has 2 heterocycles. The zero-order valence-electron chi connectivity index (χ0n) is 11.6. The molecule has 1 aliphatic rings. The van der Waals surface area contributed by atoms with Crippen molar-refractivity contribution in [2.45, 2.75) is 26.1 Å². The first-order valence-corrected chi connectivity index (χ1v) is 6.58. The summed E-state index contributed by atoms with van der Waals surface area (Å²) in [4.78, 5) is 15.5. The molecule has 1 unspecified atom stereocenters. The maximum atomic E-state index is 13.1. The van der Waals surface area contributed by atoms with Crippen molar-refractivity contribution in [2.75, 3.05) is 5.32 Å². The molecule has 1 aliphatic heterocycles. The van der Waals surface area contributed by atoms with Crippen LogP contribution in [0.3, 0.4) is 0 Å². The number of anilines is 1. The Bertz CT molecular complexity index is 768. The van der Waals surface area contributed by atoms with Gasteiger partial charge in [-0.2, -0.15) is 4.98 Å². The molecule has 0 radical (unpaired) electrons. The van der Waals surface area contributed by atoms with Crippen LogP contribution in [-0.4, -0.2) is 15.6 Å². The first kappa shape index (κ1) is 14.4. The fraction of sp³-hybridized carbons (Fsp3) is 0.286. The number of nitrogens with zero attached hydrogens (tertiary/aromatic N) is 2. The molecule has 1 atom stereocenters. The van der Waals surface area contributed by atoms with E-state index in [1.807, 2.05) is 6.92 Å². The molecule has 3 rings (SSSR count). The van der Waals surface area contributed by atoms with Crippen LogP contribution in [0, 0.1) is 17.5 Å². The third-order valence-electron chi connectivity index (χ3n) is 3.27. The average molecular weight is 311 g/mol. The Hall–Kier alpha value is -2.51. The average Bonchev–Trinajstić information content (AvgIpc) is 2.83. The van der Waals surface area contributed by atoms with Crippen LogP contribution < -0.4 is 15.7 Å². The topological polar surface area (TPSA) is 56.2 Å². The molecule has 116 valence electrons. The van der Waals surface area contributed by atoms with Crippen LogP contribution in [0.25, 0.3) is 0 Å². The summed E-state index contributed by atoms with van der Waals surface area (Å²) in [5.41, 5.74) is -0.374. The lowest BCUT2D eigenvalue weighted by Crippen LogP contribution is -2.22. The lowest BCUT2D eigenvalue weighted by molar-refractivity contribution is 0.289. The Kier molecular flexibility index (Phi) is 3.51. The van der Waals surface area contributed by atoms with Crippen LogP contribution in [-0.2, 0) is 13.2 Å². The highest BCUT2D eigenvalue weighted by Gasteiger charge is 2.19. The van der Waals surface area contributed by atoms with Crippen LogP contribution in [0.5, 0.6) is 5.88 Å². The van der Waals surface area contributed by atoms with Crippen molar-refractivity contribution < 1.29 is 17.9 Å². The standard InChI is InChI=1S/C14H12F3N3O2/c1-7-5-20-11(18-7)4-12(19-14(20)21)22-6-8-2-9(15)13(17)10(16)3-8/h2-4,7,18H,5-6H2,1H3. The highest BCUT2D eigenvalue weighted by molar-refractivity contribution is 5.42. The maximum absolute atomic E-state index is 13.1. The summed E-state index contributed by atoms with van der Waals surface area (Å²) in [7, 11) is 0. The third kappa shape index (κ3) is 2.63. The van der Waals surface area contributed by atoms with E-state index in [9.17, 15) is 18.0 Å². The fourth-order valence-electron chi connectivity index (χ4n) is 2.28. The molecular weight excluding hydrogens is 299 g/mol. The Balaban J connectivity index is 1.79. The summed E-state index contributed by atoms with van der Waals surface area (Å²) in [6.45, 7) is 2.19. The number of hydrogen-bond acceptors (Lipinski definition) is 4. The van der Waals surface area contributed by atoms with Gasteiger partial charge in [0, 0.05) is 18.7 Å². The predicted octanol–water partition coefficient (Wildman–Crippen LogP) is 2.05. The molecular formula is C14H12F3N3O2. The van der Waals surface area contributed by atoms with Gasteiger partial charge in [0.1, 0.15) is 12.4 Å². The van der Waals surface area contributed by atoms with Gasteiger partial charge in [-0.1, -0.05) is 0 Å². The largest absolute Gasteiger partial charge is 0.473 e. The lowest BCUT2D eigenvalue weighted by atomic mass is 10.2. The van der Waals surface area contributed by atoms with Crippen molar-refractivity contribution in [3.05, 3.63) is 51.7 Å². The van der Waals surface area contributed by atoms with Crippen molar-refractivity contribution in [1.29, 1.82) is 0 Å². The molecule has 0 aliphatic carbocycles. The van der Waals surface area contributed by atoms with Gasteiger partial charge in [-0.25, -0.2) is 18.0 Å². The van der Waals surface area contributed by atoms with E-state index >= 15 is 0 Å². The van der Waals surface area contributed by atoms with Gasteiger partial charge >= 0.3 is 5.69 Å². The van der Waals surface area contributed by atoms with E-state index in [-0.39, 0.29) is 24.1 Å². The van der Waals surface area contributed by atoms with Crippen molar-refractivity contribution in [1.82, 2.24) is 9.55 Å². The van der Waals surface area contributed by atoms with E-state index in [0.717, 1.165) is 12.1 Å². The van der Waals surface area contributed by atoms with Crippen LogP contribution in [0.1, 0.15) is 12.5 Å². The van der Waals surface area contributed by atoms with Gasteiger partial charge in [0.05, 0.1) is 0 Å². The van der Waals surface area contributed by atoms with Crippen molar-refractivity contribution >= 4 is 5.82 Å². The molecule has 0 bridgehead atoms. The summed E-state index contributed by atoms with van der Waals surface area (Å²) < 4.78 is 45.8. The minimum Gasteiger partial charge on any atom is -0.473 e. The Morgan fingerprint density at radius 3 is 2.68 bits per heavy atom. The van der Waals surface area contributed by atoms with Crippen LogP contribution in [0.2, 0.25) is 0 Å². The van der Waals surface area contributed by atoms with Gasteiger partial charge in [-0.15, -0.1) is 0 Å². The van der Waals surface area contributed by atoms with E-state index in [1.54, 1.807) is 0 Å². The molecule has 0 amide bonds. The molecule has 1 aromatic heterocycles. The summed E-state index contributed by atoms with van der Waals surface area (Å²) >= 11 is 0. The summed E-state index contributed by atoms with van der Waals surface area (Å²) in [5, 5.41) is 3.08. The van der Waals surface area contributed by atoms with Crippen molar-refractivity contribution in [3.63, 3.8) is 0 Å². The Morgan fingerprint density at radius 1 is 1.32 bits per heavy atom. The van der Waals surface area contributed by atoms with E-state index in [0.29, 0.717) is 12.4 Å². The van der Waals surface area contributed by atoms with Gasteiger partial charge in [0.2, 0.25) is 5.88 Å². The number of ether oxygens (including phenoxy) is 1. The first-order valence-electron chi connectivity index (χ1n) is 6.58. The minimum atomic E-state index is -1.53. The molecule has 0 saturated carbocycles. The molecule has 5 nitrogen and oxygen atoms in total. The second-order valence-electron chi connectivity index (χ2n) is 5.08. The number of halogens is 3. The number of rotatable bonds is 3. The second-order valence-corrected chi connectivity index (χ2v) is 5.08. The van der Waals surface area contributed by atoms with Crippen LogP contribution >= 0.6 is 0 Å². The number of benzene rings is 1. The normalized spacial score (nSPS) is 16.3. The number of nitrogens with one attached hydrogen (secondary N) is 1. The van der Waals surface area contributed by atoms with Crippen molar-refractivity contribution in [2.24, 2.45) is 0 Å². The first-order chi connectivity index (χ1) is 10.4. The molecule has 1 N–H and O–H groups in total. The quantitative estimate of drug-likeness (QED) is 0.882. The molecule has 22 heavy (non-hydrogen) atoms. The predicted molar refractivity (Wildman–Crippen MR) is 72.2 cm³/mol. The van der Waals surface area contributed by atoms with Crippen LogP contribution in [0.4, 0.5) is 19.0 Å². The molecule has 2 aromatic rings. The Morgan fingerprint density at radius 2 is 2.00 bits per heavy atom.